The number of allylic oxidation sites excluding steroid dienone is 4. The summed E-state index contributed by atoms with van der Waals surface area (Å²) in [5, 5.41) is 0. The van der Waals surface area contributed by atoms with E-state index in [9.17, 15) is 0 Å². The predicted octanol–water partition coefficient (Wildman–Crippen LogP) is 4.61. The van der Waals surface area contributed by atoms with E-state index in [0.29, 0.717) is 0 Å². The molecular weight excluding hydrogens is 295 g/mol. The van der Waals surface area contributed by atoms with Crippen LogP contribution in [-0.4, -0.2) is 4.43 Å². The molecule has 0 N–H and O–H groups in total. The largest absolute Gasteiger partial charge is 0.0864 e. The van der Waals surface area contributed by atoms with Crippen molar-refractivity contribution in [3.05, 3.63) is 23.8 Å². The topological polar surface area (TPSA) is 0 Å². The molecule has 15 heavy (non-hydrogen) atoms. The van der Waals surface area contributed by atoms with Gasteiger partial charge in [-0.05, 0) is 52.9 Å². The number of halogens is 1. The van der Waals surface area contributed by atoms with E-state index in [1.165, 1.54) is 23.7 Å². The number of hydrogen-bond acceptors (Lipinski definition) is 0. The van der Waals surface area contributed by atoms with E-state index in [2.05, 4.69) is 54.7 Å². The molecule has 1 unspecified atom stereocenters. The van der Waals surface area contributed by atoms with Crippen molar-refractivity contribution >= 4 is 22.6 Å². The zero-order valence-electron chi connectivity index (χ0n) is 9.75. The molecule has 0 nitrogen and oxygen atoms in total. The zero-order valence-corrected chi connectivity index (χ0v) is 11.9. The minimum Gasteiger partial charge on any atom is -0.0864 e. The molecule has 0 heterocycles. The highest BCUT2D eigenvalue weighted by Crippen LogP contribution is 2.42. The second-order valence-electron chi connectivity index (χ2n) is 5.19. The number of rotatable bonds is 2. The van der Waals surface area contributed by atoms with Gasteiger partial charge in [0.05, 0.1) is 0 Å². The van der Waals surface area contributed by atoms with Crippen LogP contribution in [0.1, 0.15) is 33.1 Å². The van der Waals surface area contributed by atoms with Crippen LogP contribution in [0.3, 0.4) is 0 Å². The molecule has 0 aromatic carbocycles. The van der Waals surface area contributed by atoms with Gasteiger partial charge in [-0.2, -0.15) is 0 Å². The molecule has 0 saturated carbocycles. The van der Waals surface area contributed by atoms with Gasteiger partial charge in [-0.1, -0.05) is 54.7 Å². The summed E-state index contributed by atoms with van der Waals surface area (Å²) < 4.78 is 1.31. The van der Waals surface area contributed by atoms with Gasteiger partial charge in [-0.25, -0.2) is 0 Å². The van der Waals surface area contributed by atoms with Crippen molar-refractivity contribution in [2.45, 2.75) is 33.1 Å². The van der Waals surface area contributed by atoms with Crippen molar-refractivity contribution in [3.63, 3.8) is 0 Å². The van der Waals surface area contributed by atoms with Crippen molar-refractivity contribution in [2.24, 2.45) is 23.7 Å². The van der Waals surface area contributed by atoms with Gasteiger partial charge in [0.2, 0.25) is 0 Å². The lowest BCUT2D eigenvalue weighted by Crippen LogP contribution is -2.28. The van der Waals surface area contributed by atoms with E-state index >= 15 is 0 Å². The van der Waals surface area contributed by atoms with Gasteiger partial charge in [0.1, 0.15) is 0 Å². The fourth-order valence-electron chi connectivity index (χ4n) is 3.15. The predicted molar refractivity (Wildman–Crippen MR) is 75.3 cm³/mol. The summed E-state index contributed by atoms with van der Waals surface area (Å²) >= 11 is 2.52. The van der Waals surface area contributed by atoms with Gasteiger partial charge in [0.15, 0.2) is 0 Å². The van der Waals surface area contributed by atoms with E-state index in [0.717, 1.165) is 23.7 Å². The molecule has 0 amide bonds. The lowest BCUT2D eigenvalue weighted by Gasteiger charge is -2.38. The van der Waals surface area contributed by atoms with Gasteiger partial charge in [-0.15, -0.1) is 0 Å². The maximum atomic E-state index is 2.52. The molecule has 0 spiro atoms. The molecule has 0 aliphatic heterocycles. The Balaban J connectivity index is 2.21. The highest BCUT2D eigenvalue weighted by Gasteiger charge is 2.32. The van der Waals surface area contributed by atoms with Gasteiger partial charge in [0.25, 0.3) is 0 Å². The molecule has 1 heteroatoms. The summed E-state index contributed by atoms with van der Waals surface area (Å²) in [6, 6.07) is 0. The standard InChI is InChI=1S/C14H21I/c1-10-3-6-14-12(9-10)5-4-11(2)13(14)7-8-15/h4-5,9-11,13-14H,3,6-8H2,1-2H3/t10-,11+,13+,14?/m1/s1. The minimum atomic E-state index is 0.787. The lowest BCUT2D eigenvalue weighted by atomic mass is 9.67. The molecule has 0 aromatic rings. The van der Waals surface area contributed by atoms with Crippen LogP contribution in [0.25, 0.3) is 0 Å². The Morgan fingerprint density at radius 1 is 1.33 bits per heavy atom. The van der Waals surface area contributed by atoms with Crippen LogP contribution in [0.5, 0.6) is 0 Å². The third kappa shape index (κ3) is 2.48. The number of fused-ring (bicyclic) bond motifs is 1. The van der Waals surface area contributed by atoms with E-state index in [1.807, 2.05) is 0 Å². The second kappa shape index (κ2) is 5.03. The first kappa shape index (κ1) is 11.7. The van der Waals surface area contributed by atoms with E-state index in [1.54, 1.807) is 5.57 Å². The van der Waals surface area contributed by atoms with Crippen LogP contribution < -0.4 is 0 Å². The van der Waals surface area contributed by atoms with Crippen molar-refractivity contribution < 1.29 is 0 Å². The first-order valence-electron chi connectivity index (χ1n) is 6.18. The number of alkyl halides is 1. The molecule has 2 aliphatic rings. The highest BCUT2D eigenvalue weighted by atomic mass is 127. The fraction of sp³-hybridized carbons (Fsp3) is 0.714. The fourth-order valence-corrected chi connectivity index (χ4v) is 3.87. The molecular formula is C14H21I. The molecule has 0 radical (unpaired) electrons. The first-order valence-corrected chi connectivity index (χ1v) is 7.70. The van der Waals surface area contributed by atoms with Gasteiger partial charge >= 0.3 is 0 Å². The average Bonchev–Trinajstić information content (AvgIpc) is 2.22. The Bertz CT molecular complexity index is 277. The first-order chi connectivity index (χ1) is 7.22. The summed E-state index contributed by atoms with van der Waals surface area (Å²) in [5.41, 5.74) is 1.64. The smallest absolute Gasteiger partial charge is 0.000166 e. The van der Waals surface area contributed by atoms with Gasteiger partial charge < -0.3 is 0 Å². The average molecular weight is 316 g/mol. The van der Waals surface area contributed by atoms with Crippen LogP contribution in [-0.2, 0) is 0 Å². The van der Waals surface area contributed by atoms with Crippen LogP contribution in [0.4, 0.5) is 0 Å². The summed E-state index contributed by atoms with van der Waals surface area (Å²) in [4.78, 5) is 0. The molecule has 2 rings (SSSR count). The van der Waals surface area contributed by atoms with Crippen LogP contribution in [0.15, 0.2) is 23.8 Å². The van der Waals surface area contributed by atoms with Gasteiger partial charge in [0, 0.05) is 0 Å². The second-order valence-corrected chi connectivity index (χ2v) is 6.27. The zero-order chi connectivity index (χ0) is 10.8. The van der Waals surface area contributed by atoms with Crippen molar-refractivity contribution in [2.75, 3.05) is 4.43 Å². The third-order valence-electron chi connectivity index (χ3n) is 4.06. The SMILES string of the molecule is C[C@H]1C=C2C=C[C@H](C)[C@H](CCI)C2CC1. The Labute approximate surface area is 107 Å². The van der Waals surface area contributed by atoms with E-state index in [-0.39, 0.29) is 0 Å². The maximum Gasteiger partial charge on any atom is -0.000166 e. The Morgan fingerprint density at radius 3 is 2.87 bits per heavy atom. The monoisotopic (exact) mass is 316 g/mol. The highest BCUT2D eigenvalue weighted by molar-refractivity contribution is 14.1. The summed E-state index contributed by atoms with van der Waals surface area (Å²) in [7, 11) is 0. The minimum absolute atomic E-state index is 0.787. The normalized spacial score (nSPS) is 39.8. The Hall–Kier alpha value is 0.210. The quantitative estimate of drug-likeness (QED) is 0.516. The summed E-state index contributed by atoms with van der Waals surface area (Å²) in [6.07, 6.45) is 11.5. The molecule has 84 valence electrons. The summed E-state index contributed by atoms with van der Waals surface area (Å²) in [5.74, 6) is 3.37. The van der Waals surface area contributed by atoms with Crippen LogP contribution in [0, 0.1) is 23.7 Å². The molecule has 0 fully saturated rings. The van der Waals surface area contributed by atoms with Crippen molar-refractivity contribution in [3.8, 4) is 0 Å². The maximum absolute atomic E-state index is 2.52. The van der Waals surface area contributed by atoms with E-state index in [4.69, 9.17) is 0 Å². The van der Waals surface area contributed by atoms with Crippen molar-refractivity contribution in [1.29, 1.82) is 0 Å². The Morgan fingerprint density at radius 2 is 2.13 bits per heavy atom. The molecule has 4 atom stereocenters. The number of hydrogen-bond donors (Lipinski definition) is 0. The molecule has 0 saturated heterocycles. The van der Waals surface area contributed by atoms with Crippen LogP contribution in [0.2, 0.25) is 0 Å². The third-order valence-corrected chi connectivity index (χ3v) is 4.69. The summed E-state index contributed by atoms with van der Waals surface area (Å²) in [6.45, 7) is 4.74. The van der Waals surface area contributed by atoms with E-state index < -0.39 is 0 Å². The molecule has 0 aromatic heterocycles. The Kier molecular flexibility index (Phi) is 3.92. The molecule has 2 aliphatic carbocycles. The van der Waals surface area contributed by atoms with Crippen LogP contribution >= 0.6 is 22.6 Å². The lowest BCUT2D eigenvalue weighted by molar-refractivity contribution is 0.260. The molecule has 0 bridgehead atoms. The van der Waals surface area contributed by atoms with Crippen molar-refractivity contribution in [1.82, 2.24) is 0 Å². The van der Waals surface area contributed by atoms with Gasteiger partial charge in [-0.3, -0.25) is 0 Å².